The van der Waals surface area contributed by atoms with Crippen molar-refractivity contribution in [3.8, 4) is 0 Å². The highest BCUT2D eigenvalue weighted by atomic mass is 32.1. The van der Waals surface area contributed by atoms with Gasteiger partial charge in [0.05, 0.1) is 12.7 Å². The van der Waals surface area contributed by atoms with E-state index in [9.17, 15) is 9.18 Å². The molecule has 0 aliphatic carbocycles. The molecule has 23 heavy (non-hydrogen) atoms. The second-order valence-electron chi connectivity index (χ2n) is 5.01. The van der Waals surface area contributed by atoms with Crippen LogP contribution in [0.3, 0.4) is 0 Å². The standard InChI is InChI=1S/C16H15FN4OS/c17-13-5-3-12(4-6-13)10-21-11-15(19-20-21)16(22)18-8-7-14-2-1-9-23-14/h1-6,9,11H,7-8,10H2,(H,18,22). The van der Waals surface area contributed by atoms with Crippen molar-refractivity contribution in [2.45, 2.75) is 13.0 Å². The van der Waals surface area contributed by atoms with Gasteiger partial charge in [-0.3, -0.25) is 4.79 Å². The Balaban J connectivity index is 1.53. The highest BCUT2D eigenvalue weighted by Gasteiger charge is 2.10. The SMILES string of the molecule is O=C(NCCc1cccs1)c1cn(Cc2ccc(F)cc2)nn1. The minimum atomic E-state index is -0.279. The molecule has 5 nitrogen and oxygen atoms in total. The van der Waals surface area contributed by atoms with E-state index in [2.05, 4.69) is 15.6 Å². The average Bonchev–Trinajstić information content (AvgIpc) is 3.21. The molecule has 118 valence electrons. The normalized spacial score (nSPS) is 10.7. The van der Waals surface area contributed by atoms with Crippen LogP contribution >= 0.6 is 11.3 Å². The van der Waals surface area contributed by atoms with E-state index in [0.29, 0.717) is 13.1 Å². The molecule has 0 unspecified atom stereocenters. The maximum Gasteiger partial charge on any atom is 0.273 e. The molecule has 0 aliphatic heterocycles. The molecule has 0 radical (unpaired) electrons. The van der Waals surface area contributed by atoms with Gasteiger partial charge in [0.2, 0.25) is 0 Å². The molecular formula is C16H15FN4OS. The summed E-state index contributed by atoms with van der Waals surface area (Å²) in [5, 5.41) is 12.6. The quantitative estimate of drug-likeness (QED) is 0.755. The lowest BCUT2D eigenvalue weighted by atomic mass is 10.2. The first-order valence-electron chi connectivity index (χ1n) is 7.16. The molecule has 1 N–H and O–H groups in total. The van der Waals surface area contributed by atoms with Gasteiger partial charge < -0.3 is 5.32 Å². The minimum Gasteiger partial charge on any atom is -0.350 e. The van der Waals surface area contributed by atoms with Gasteiger partial charge in [-0.15, -0.1) is 16.4 Å². The van der Waals surface area contributed by atoms with E-state index in [1.165, 1.54) is 17.0 Å². The van der Waals surface area contributed by atoms with Crippen LogP contribution in [0.1, 0.15) is 20.9 Å². The number of thiophene rings is 1. The summed E-state index contributed by atoms with van der Waals surface area (Å²) in [4.78, 5) is 13.2. The van der Waals surface area contributed by atoms with E-state index in [-0.39, 0.29) is 17.4 Å². The van der Waals surface area contributed by atoms with Crippen LogP contribution < -0.4 is 5.32 Å². The van der Waals surface area contributed by atoms with Gasteiger partial charge in [-0.05, 0) is 35.6 Å². The molecule has 2 heterocycles. The number of aromatic nitrogens is 3. The summed E-state index contributed by atoms with van der Waals surface area (Å²) in [6.45, 7) is 1.000. The van der Waals surface area contributed by atoms with Gasteiger partial charge in [-0.25, -0.2) is 9.07 Å². The Bertz CT molecular complexity index is 768. The van der Waals surface area contributed by atoms with Crippen molar-refractivity contribution in [2.75, 3.05) is 6.54 Å². The van der Waals surface area contributed by atoms with Crippen LogP contribution in [0.4, 0.5) is 4.39 Å². The summed E-state index contributed by atoms with van der Waals surface area (Å²) >= 11 is 1.67. The monoisotopic (exact) mass is 330 g/mol. The Morgan fingerprint density at radius 1 is 1.26 bits per heavy atom. The van der Waals surface area contributed by atoms with E-state index < -0.39 is 0 Å². The van der Waals surface area contributed by atoms with Crippen LogP contribution in [-0.4, -0.2) is 27.4 Å². The molecule has 1 aromatic carbocycles. The van der Waals surface area contributed by atoms with E-state index in [1.807, 2.05) is 17.5 Å². The second kappa shape index (κ2) is 7.15. The fourth-order valence-corrected chi connectivity index (χ4v) is 2.81. The number of amides is 1. The van der Waals surface area contributed by atoms with Crippen molar-refractivity contribution in [3.63, 3.8) is 0 Å². The van der Waals surface area contributed by atoms with E-state index >= 15 is 0 Å². The molecule has 7 heteroatoms. The molecule has 0 bridgehead atoms. The smallest absolute Gasteiger partial charge is 0.273 e. The zero-order chi connectivity index (χ0) is 16.1. The maximum atomic E-state index is 12.9. The van der Waals surface area contributed by atoms with Crippen molar-refractivity contribution in [1.29, 1.82) is 0 Å². The lowest BCUT2D eigenvalue weighted by molar-refractivity contribution is 0.0949. The Labute approximate surface area is 136 Å². The molecule has 1 amide bonds. The second-order valence-corrected chi connectivity index (χ2v) is 6.05. The van der Waals surface area contributed by atoms with Crippen molar-refractivity contribution < 1.29 is 9.18 Å². The van der Waals surface area contributed by atoms with Crippen LogP contribution in [0.15, 0.2) is 48.0 Å². The van der Waals surface area contributed by atoms with Crippen molar-refractivity contribution in [1.82, 2.24) is 20.3 Å². The number of carbonyl (C=O) groups is 1. The molecule has 0 spiro atoms. The number of nitrogens with one attached hydrogen (secondary N) is 1. The Hall–Kier alpha value is -2.54. The van der Waals surface area contributed by atoms with Gasteiger partial charge >= 0.3 is 0 Å². The van der Waals surface area contributed by atoms with Gasteiger partial charge in [0, 0.05) is 11.4 Å². The van der Waals surface area contributed by atoms with Gasteiger partial charge in [-0.2, -0.15) is 0 Å². The third-order valence-electron chi connectivity index (χ3n) is 3.27. The Kier molecular flexibility index (Phi) is 4.77. The van der Waals surface area contributed by atoms with Crippen LogP contribution in [0, 0.1) is 5.82 Å². The summed E-state index contributed by atoms with van der Waals surface area (Å²) in [6.07, 6.45) is 2.39. The minimum absolute atomic E-state index is 0.244. The van der Waals surface area contributed by atoms with E-state index in [0.717, 1.165) is 12.0 Å². The number of carbonyl (C=O) groups excluding carboxylic acids is 1. The maximum absolute atomic E-state index is 12.9. The van der Waals surface area contributed by atoms with Gasteiger partial charge in [-0.1, -0.05) is 23.4 Å². The van der Waals surface area contributed by atoms with Crippen LogP contribution in [0.2, 0.25) is 0 Å². The molecule has 0 atom stereocenters. The number of hydrogen-bond acceptors (Lipinski definition) is 4. The van der Waals surface area contributed by atoms with Gasteiger partial charge in [0.15, 0.2) is 5.69 Å². The molecule has 0 saturated heterocycles. The molecule has 0 saturated carbocycles. The van der Waals surface area contributed by atoms with Crippen molar-refractivity contribution in [2.24, 2.45) is 0 Å². The number of halogens is 1. The number of benzene rings is 1. The summed E-state index contributed by atoms with van der Waals surface area (Å²) in [7, 11) is 0. The van der Waals surface area contributed by atoms with Crippen LogP contribution in [0.5, 0.6) is 0 Å². The zero-order valence-corrected chi connectivity index (χ0v) is 13.1. The average molecular weight is 330 g/mol. The molecular weight excluding hydrogens is 315 g/mol. The highest BCUT2D eigenvalue weighted by molar-refractivity contribution is 7.09. The first-order valence-corrected chi connectivity index (χ1v) is 8.04. The Morgan fingerprint density at radius 3 is 2.83 bits per heavy atom. The van der Waals surface area contributed by atoms with Crippen molar-refractivity contribution in [3.05, 3.63) is 69.9 Å². The van der Waals surface area contributed by atoms with Crippen LogP contribution in [-0.2, 0) is 13.0 Å². The molecule has 0 aliphatic rings. The fourth-order valence-electron chi connectivity index (χ4n) is 2.10. The number of hydrogen-bond donors (Lipinski definition) is 1. The molecule has 3 aromatic rings. The number of nitrogens with zero attached hydrogens (tertiary/aromatic N) is 3. The number of rotatable bonds is 6. The predicted octanol–water partition coefficient (Wildman–Crippen LogP) is 2.50. The van der Waals surface area contributed by atoms with Crippen LogP contribution in [0.25, 0.3) is 0 Å². The van der Waals surface area contributed by atoms with Gasteiger partial charge in [0.1, 0.15) is 5.82 Å². The molecule has 3 rings (SSSR count). The predicted molar refractivity (Wildman–Crippen MR) is 85.9 cm³/mol. The highest BCUT2D eigenvalue weighted by Crippen LogP contribution is 2.08. The first kappa shape index (κ1) is 15.4. The topological polar surface area (TPSA) is 59.8 Å². The third kappa shape index (κ3) is 4.23. The fraction of sp³-hybridized carbons (Fsp3) is 0.188. The molecule has 0 fully saturated rings. The lowest BCUT2D eigenvalue weighted by Gasteiger charge is -2.01. The first-order chi connectivity index (χ1) is 11.2. The van der Waals surface area contributed by atoms with E-state index in [1.54, 1.807) is 34.3 Å². The molecule has 2 aromatic heterocycles. The summed E-state index contributed by atoms with van der Waals surface area (Å²) in [5.41, 5.74) is 1.17. The summed E-state index contributed by atoms with van der Waals surface area (Å²) in [5.74, 6) is -0.523. The summed E-state index contributed by atoms with van der Waals surface area (Å²) < 4.78 is 14.4. The third-order valence-corrected chi connectivity index (χ3v) is 4.20. The summed E-state index contributed by atoms with van der Waals surface area (Å²) in [6, 6.07) is 10.2. The van der Waals surface area contributed by atoms with E-state index in [4.69, 9.17) is 0 Å². The zero-order valence-electron chi connectivity index (χ0n) is 12.3. The largest absolute Gasteiger partial charge is 0.350 e. The Morgan fingerprint density at radius 2 is 2.09 bits per heavy atom. The van der Waals surface area contributed by atoms with Gasteiger partial charge in [0.25, 0.3) is 5.91 Å². The lowest BCUT2D eigenvalue weighted by Crippen LogP contribution is -2.25. The van der Waals surface area contributed by atoms with Crippen molar-refractivity contribution >= 4 is 17.2 Å².